The Bertz CT molecular complexity index is 1490. The molecule has 0 aliphatic carbocycles. The quantitative estimate of drug-likeness (QED) is 0.464. The van der Waals surface area contributed by atoms with E-state index >= 15 is 0 Å². The number of carbonyl (C=O) groups is 1. The van der Waals surface area contributed by atoms with Gasteiger partial charge in [0.1, 0.15) is 17.5 Å². The van der Waals surface area contributed by atoms with Crippen LogP contribution in [-0.2, 0) is 24.1 Å². The van der Waals surface area contributed by atoms with Crippen molar-refractivity contribution in [1.29, 1.82) is 0 Å². The molecule has 0 radical (unpaired) electrons. The third-order valence-corrected chi connectivity index (χ3v) is 8.39. The Morgan fingerprint density at radius 3 is 2.54 bits per heavy atom. The summed E-state index contributed by atoms with van der Waals surface area (Å²) in [6.07, 6.45) is 3.10. The summed E-state index contributed by atoms with van der Waals surface area (Å²) in [5.41, 5.74) is 5.95. The highest BCUT2D eigenvalue weighted by atomic mass is 19.1. The molecule has 6 nitrogen and oxygen atoms in total. The van der Waals surface area contributed by atoms with E-state index < -0.39 is 17.7 Å². The van der Waals surface area contributed by atoms with Crippen LogP contribution in [0.3, 0.4) is 0 Å². The Morgan fingerprint density at radius 2 is 1.78 bits per heavy atom. The van der Waals surface area contributed by atoms with Crippen LogP contribution in [-0.4, -0.2) is 63.1 Å². The molecule has 0 aromatic heterocycles. The third-order valence-electron chi connectivity index (χ3n) is 8.39. The average Bonchev–Trinajstić information content (AvgIpc) is 3.38. The lowest BCUT2D eigenvalue weighted by molar-refractivity contribution is 0.0664. The molecule has 3 aromatic carbocycles. The summed E-state index contributed by atoms with van der Waals surface area (Å²) < 4.78 is 40.9. The largest absolute Gasteiger partial charge is 0.381 e. The van der Waals surface area contributed by atoms with Gasteiger partial charge in [-0.05, 0) is 97.3 Å². The number of amides is 1. The van der Waals surface area contributed by atoms with E-state index in [0.717, 1.165) is 86.6 Å². The van der Waals surface area contributed by atoms with Gasteiger partial charge < -0.3 is 19.9 Å². The molecule has 8 heteroatoms. The number of amidine groups is 1. The van der Waals surface area contributed by atoms with Crippen molar-refractivity contribution in [2.45, 2.75) is 32.2 Å². The molecule has 3 aliphatic rings. The number of benzene rings is 3. The molecule has 3 aromatic rings. The maximum atomic E-state index is 14.0. The Morgan fingerprint density at radius 1 is 1.02 bits per heavy atom. The number of ether oxygens (including phenoxy) is 1. The molecule has 0 bridgehead atoms. The number of fused-ring (bicyclic) bond motifs is 1. The lowest BCUT2D eigenvalue weighted by Crippen LogP contribution is -2.44. The summed E-state index contributed by atoms with van der Waals surface area (Å²) >= 11 is 0. The second kappa shape index (κ2) is 12.1. The van der Waals surface area contributed by atoms with Crippen molar-refractivity contribution in [2.75, 3.05) is 51.3 Å². The van der Waals surface area contributed by atoms with Gasteiger partial charge in [-0.25, -0.2) is 8.78 Å². The molecule has 1 N–H and O–H groups in total. The van der Waals surface area contributed by atoms with Gasteiger partial charge in [-0.3, -0.25) is 9.79 Å². The predicted molar refractivity (Wildman–Crippen MR) is 157 cm³/mol. The first-order valence-corrected chi connectivity index (χ1v) is 14.4. The van der Waals surface area contributed by atoms with Crippen LogP contribution in [0.5, 0.6) is 0 Å². The monoisotopic (exact) mass is 559 g/mol. The molecule has 0 atom stereocenters. The minimum Gasteiger partial charge on any atom is -0.381 e. The fourth-order valence-corrected chi connectivity index (χ4v) is 6.01. The van der Waals surface area contributed by atoms with E-state index in [9.17, 15) is 13.6 Å². The van der Waals surface area contributed by atoms with E-state index in [1.807, 2.05) is 24.3 Å². The molecule has 41 heavy (non-hydrogen) atoms. The number of nitrogens with zero attached hydrogens (tertiary/aromatic N) is 3. The Hall–Kier alpha value is -3.62. The summed E-state index contributed by atoms with van der Waals surface area (Å²) in [5.74, 6) is -0.962. The van der Waals surface area contributed by atoms with Crippen LogP contribution in [0.1, 0.15) is 52.4 Å². The molecule has 3 heterocycles. The first-order chi connectivity index (χ1) is 20.3. The summed E-state index contributed by atoms with van der Waals surface area (Å²) in [6, 6.07) is 13.6. The fourth-order valence-electron chi connectivity index (χ4n) is 6.01. The lowest BCUT2D eigenvalue weighted by atomic mass is 9.89. The third kappa shape index (κ3) is 6.49. The highest BCUT2D eigenvalue weighted by Gasteiger charge is 2.24. The van der Waals surface area contributed by atoms with Gasteiger partial charge in [-0.15, -0.1) is 0 Å². The first-order valence-electron chi connectivity index (χ1n) is 14.9. The van der Waals surface area contributed by atoms with Crippen molar-refractivity contribution >= 4 is 17.4 Å². The van der Waals surface area contributed by atoms with Gasteiger partial charge in [0.05, 0.1) is 7.92 Å². The van der Waals surface area contributed by atoms with E-state index in [-0.39, 0.29) is 5.91 Å². The molecular weight excluding hydrogens is 522 g/mol. The standard InChI is InChI=1S/C33H36F2N4O2/c1-38-8-10-39(11-9-38)29-4-5-30(26(19-29)15-22-6-12-41-13-7-22)33(40)37-32-31-18-23(2-3-25(31)21-36-32)14-24-16-27(34)20-28(35)17-24/h2-5,16-20,22H,6-15,21H2,1H3,(H,36,37,40)/i20D. The highest BCUT2D eigenvalue weighted by Crippen LogP contribution is 2.28. The number of aliphatic imine (C=N–C) groups is 1. The van der Waals surface area contributed by atoms with Crippen LogP contribution in [0.2, 0.25) is 0 Å². The van der Waals surface area contributed by atoms with Crippen LogP contribution in [0, 0.1) is 17.6 Å². The smallest absolute Gasteiger partial charge is 0.257 e. The summed E-state index contributed by atoms with van der Waals surface area (Å²) in [7, 11) is 2.14. The fraction of sp³-hybridized carbons (Fsp3) is 0.394. The van der Waals surface area contributed by atoms with Crippen molar-refractivity contribution < 1.29 is 19.7 Å². The Balaban J connectivity index is 1.22. The zero-order valence-electron chi connectivity index (χ0n) is 24.4. The number of carbonyl (C=O) groups excluding carboxylic acids is 1. The number of hydrogen-bond donors (Lipinski definition) is 1. The lowest BCUT2D eigenvalue weighted by Gasteiger charge is -2.34. The average molecular weight is 560 g/mol. The Labute approximate surface area is 241 Å². The van der Waals surface area contributed by atoms with E-state index in [0.29, 0.717) is 35.8 Å². The van der Waals surface area contributed by atoms with Gasteiger partial charge in [0.2, 0.25) is 0 Å². The van der Waals surface area contributed by atoms with Gasteiger partial charge in [-0.2, -0.15) is 0 Å². The van der Waals surface area contributed by atoms with Crippen molar-refractivity contribution in [1.82, 2.24) is 10.2 Å². The van der Waals surface area contributed by atoms with Gasteiger partial charge in [0, 0.05) is 62.2 Å². The molecule has 2 fully saturated rings. The highest BCUT2D eigenvalue weighted by molar-refractivity contribution is 6.14. The predicted octanol–water partition coefficient (Wildman–Crippen LogP) is 4.97. The summed E-state index contributed by atoms with van der Waals surface area (Å²) in [4.78, 5) is 23.1. The number of anilines is 1. The summed E-state index contributed by atoms with van der Waals surface area (Å²) in [6.45, 7) is 5.91. The maximum absolute atomic E-state index is 14.0. The van der Waals surface area contributed by atoms with Crippen molar-refractivity contribution in [3.63, 3.8) is 0 Å². The molecule has 0 spiro atoms. The SMILES string of the molecule is [2H]c1c(F)cc(Cc2ccc3c(c2)C(NC(=O)c2ccc(N4CCN(C)CC4)cc2CC2CCOCC2)=NC3)cc1F. The van der Waals surface area contributed by atoms with Gasteiger partial charge >= 0.3 is 0 Å². The number of nitrogens with one attached hydrogen (secondary N) is 1. The van der Waals surface area contributed by atoms with Crippen LogP contribution in [0.4, 0.5) is 14.5 Å². The first kappa shape index (κ1) is 26.3. The molecule has 0 unspecified atom stereocenters. The van der Waals surface area contributed by atoms with Gasteiger partial charge in [0.15, 0.2) is 0 Å². The van der Waals surface area contributed by atoms with Crippen LogP contribution < -0.4 is 10.2 Å². The zero-order chi connectivity index (χ0) is 29.2. The molecule has 214 valence electrons. The molecule has 3 aliphatic heterocycles. The molecule has 2 saturated heterocycles. The molecule has 6 rings (SSSR count). The summed E-state index contributed by atoms with van der Waals surface area (Å²) in [5, 5.41) is 3.07. The number of hydrogen-bond acceptors (Lipinski definition) is 5. The minimum atomic E-state index is -0.879. The van der Waals surface area contributed by atoms with E-state index in [1.165, 1.54) is 12.1 Å². The van der Waals surface area contributed by atoms with Crippen LogP contribution in [0.25, 0.3) is 0 Å². The van der Waals surface area contributed by atoms with E-state index in [4.69, 9.17) is 6.11 Å². The number of piperazine rings is 1. The molecule has 1 amide bonds. The van der Waals surface area contributed by atoms with E-state index in [2.05, 4.69) is 39.3 Å². The second-order valence-corrected chi connectivity index (χ2v) is 11.4. The minimum absolute atomic E-state index is 0.186. The van der Waals surface area contributed by atoms with Crippen molar-refractivity contribution in [3.05, 3.63) is 99.6 Å². The van der Waals surface area contributed by atoms with Gasteiger partial charge in [0.25, 0.3) is 5.91 Å². The normalized spacial score (nSPS) is 18.2. The van der Waals surface area contributed by atoms with Crippen molar-refractivity contribution in [3.8, 4) is 0 Å². The van der Waals surface area contributed by atoms with E-state index in [1.54, 1.807) is 0 Å². The van der Waals surface area contributed by atoms with Crippen LogP contribution >= 0.6 is 0 Å². The maximum Gasteiger partial charge on any atom is 0.257 e. The number of likely N-dealkylation sites (N-methyl/N-ethyl adjacent to an activating group) is 1. The van der Waals surface area contributed by atoms with Gasteiger partial charge in [-0.1, -0.05) is 12.1 Å². The van der Waals surface area contributed by atoms with Crippen molar-refractivity contribution in [2.24, 2.45) is 10.9 Å². The molecular formula is C33H36F2N4O2. The van der Waals surface area contributed by atoms with Crippen LogP contribution in [0.15, 0.2) is 59.6 Å². The Kier molecular flexibility index (Phi) is 7.75. The molecule has 0 saturated carbocycles. The number of halogens is 2. The second-order valence-electron chi connectivity index (χ2n) is 11.4. The zero-order valence-corrected chi connectivity index (χ0v) is 23.4. The topological polar surface area (TPSA) is 57.2 Å². The number of rotatable bonds is 6.